The maximum atomic E-state index is 12.0. The molecule has 0 bridgehead atoms. The predicted molar refractivity (Wildman–Crippen MR) is 97.7 cm³/mol. The average Bonchev–Trinajstić information content (AvgIpc) is 2.94. The Morgan fingerprint density at radius 1 is 1.32 bits per heavy atom. The summed E-state index contributed by atoms with van der Waals surface area (Å²) < 4.78 is 0.822. The Bertz CT molecular complexity index is 532. The van der Waals surface area contributed by atoms with Gasteiger partial charge in [-0.1, -0.05) is 56.1 Å². The summed E-state index contributed by atoms with van der Waals surface area (Å²) in [5, 5.41) is 12.4. The van der Waals surface area contributed by atoms with Gasteiger partial charge in [-0.25, -0.2) is 0 Å². The van der Waals surface area contributed by atoms with E-state index in [1.165, 1.54) is 42.4 Å². The lowest BCUT2D eigenvalue weighted by molar-refractivity contribution is -0.113. The topological polar surface area (TPSA) is 58.1 Å². The van der Waals surface area contributed by atoms with E-state index in [9.17, 15) is 4.79 Å². The van der Waals surface area contributed by atoms with Gasteiger partial charge in [-0.15, -0.1) is 10.2 Å². The predicted octanol–water partition coefficient (Wildman–Crippen LogP) is 3.28. The van der Waals surface area contributed by atoms with Gasteiger partial charge in [0.05, 0.1) is 5.75 Å². The van der Waals surface area contributed by atoms with E-state index in [0.29, 0.717) is 10.9 Å². The number of carbonyl (C=O) groups is 1. The Morgan fingerprint density at radius 2 is 2.00 bits per heavy atom. The van der Waals surface area contributed by atoms with Crippen LogP contribution in [0.2, 0.25) is 0 Å². The largest absolute Gasteiger partial charge is 0.358 e. The van der Waals surface area contributed by atoms with E-state index in [4.69, 9.17) is 12.2 Å². The second-order valence-electron chi connectivity index (χ2n) is 6.31. The van der Waals surface area contributed by atoms with Gasteiger partial charge in [0.1, 0.15) is 9.33 Å². The highest BCUT2D eigenvalue weighted by Gasteiger charge is 2.20. The Labute approximate surface area is 145 Å². The van der Waals surface area contributed by atoms with Crippen LogP contribution in [0.3, 0.4) is 0 Å². The van der Waals surface area contributed by atoms with Crippen LogP contribution in [0.4, 0.5) is 5.13 Å². The number of hydrogen-bond acceptors (Lipinski definition) is 6. The molecule has 2 rings (SSSR count). The first-order valence-corrected chi connectivity index (χ1v) is 9.63. The maximum Gasteiger partial charge on any atom is 0.236 e. The third-order valence-corrected chi connectivity index (χ3v) is 6.04. The normalized spacial score (nSPS) is 15.7. The lowest BCUT2D eigenvalue weighted by Crippen LogP contribution is -2.33. The molecule has 1 aromatic rings. The zero-order valence-electron chi connectivity index (χ0n) is 13.2. The lowest BCUT2D eigenvalue weighted by Gasteiger charge is -2.28. The molecule has 1 aromatic heterocycles. The van der Waals surface area contributed by atoms with Crippen molar-refractivity contribution in [3.05, 3.63) is 5.01 Å². The van der Waals surface area contributed by atoms with Gasteiger partial charge in [0.15, 0.2) is 0 Å². The minimum absolute atomic E-state index is 0.0504. The highest BCUT2D eigenvalue weighted by molar-refractivity contribution is 8.23. The van der Waals surface area contributed by atoms with Crippen LogP contribution < -0.4 is 5.32 Å². The molecule has 1 N–H and O–H groups in total. The molecule has 1 aliphatic heterocycles. The number of piperidine rings is 1. The van der Waals surface area contributed by atoms with Crippen LogP contribution in [-0.2, 0) is 10.2 Å². The fourth-order valence-corrected chi connectivity index (χ4v) is 3.90. The quantitative estimate of drug-likeness (QED) is 0.837. The van der Waals surface area contributed by atoms with Crippen molar-refractivity contribution in [1.82, 2.24) is 15.1 Å². The van der Waals surface area contributed by atoms with Gasteiger partial charge in [-0.2, -0.15) is 0 Å². The molecular formula is C14H22N4OS3. The zero-order valence-corrected chi connectivity index (χ0v) is 15.7. The molecule has 2 heterocycles. The Kier molecular flexibility index (Phi) is 6.17. The van der Waals surface area contributed by atoms with Crippen molar-refractivity contribution in [1.29, 1.82) is 0 Å². The Balaban J connectivity index is 1.78. The van der Waals surface area contributed by atoms with Crippen molar-refractivity contribution in [2.24, 2.45) is 0 Å². The van der Waals surface area contributed by atoms with Gasteiger partial charge in [0.25, 0.3) is 0 Å². The van der Waals surface area contributed by atoms with Crippen LogP contribution in [0.5, 0.6) is 0 Å². The molecule has 1 aliphatic rings. The minimum atomic E-state index is -0.0824. The molecule has 0 unspecified atom stereocenters. The first-order chi connectivity index (χ1) is 10.4. The van der Waals surface area contributed by atoms with Gasteiger partial charge >= 0.3 is 0 Å². The molecule has 8 heteroatoms. The Hall–Kier alpha value is -0.730. The second-order valence-corrected chi connectivity index (χ2v) is 8.90. The molecule has 22 heavy (non-hydrogen) atoms. The molecule has 0 atom stereocenters. The third-order valence-electron chi connectivity index (χ3n) is 3.25. The van der Waals surface area contributed by atoms with Gasteiger partial charge in [0.2, 0.25) is 11.0 Å². The number of likely N-dealkylation sites (tertiary alicyclic amines) is 1. The van der Waals surface area contributed by atoms with E-state index in [1.54, 1.807) is 0 Å². The van der Waals surface area contributed by atoms with Gasteiger partial charge in [-0.3, -0.25) is 10.1 Å². The van der Waals surface area contributed by atoms with Crippen molar-refractivity contribution < 1.29 is 4.79 Å². The number of thiocarbonyl (C=S) groups is 1. The van der Waals surface area contributed by atoms with Crippen LogP contribution in [0.15, 0.2) is 0 Å². The number of aromatic nitrogens is 2. The highest BCUT2D eigenvalue weighted by atomic mass is 32.2. The third kappa shape index (κ3) is 5.17. The molecule has 0 aromatic carbocycles. The van der Waals surface area contributed by atoms with Crippen LogP contribution in [-0.4, -0.2) is 44.2 Å². The van der Waals surface area contributed by atoms with Crippen molar-refractivity contribution in [2.75, 3.05) is 24.2 Å². The average molecular weight is 359 g/mol. The maximum absolute atomic E-state index is 12.0. The van der Waals surface area contributed by atoms with Crippen LogP contribution in [0.1, 0.15) is 45.0 Å². The SMILES string of the molecule is CC(C)(C)c1nnc(NC(=O)CSC(=S)N2CCCCC2)s1. The number of nitrogens with one attached hydrogen (secondary N) is 1. The van der Waals surface area contributed by atoms with Crippen LogP contribution in [0, 0.1) is 0 Å². The molecule has 0 spiro atoms. The summed E-state index contributed by atoms with van der Waals surface area (Å²) >= 11 is 8.24. The van der Waals surface area contributed by atoms with Gasteiger partial charge in [0, 0.05) is 18.5 Å². The van der Waals surface area contributed by atoms with Gasteiger partial charge < -0.3 is 4.90 Å². The molecule has 0 saturated carbocycles. The number of nitrogens with zero attached hydrogens (tertiary/aromatic N) is 3. The lowest BCUT2D eigenvalue weighted by atomic mass is 9.98. The highest BCUT2D eigenvalue weighted by Crippen LogP contribution is 2.27. The van der Waals surface area contributed by atoms with E-state index >= 15 is 0 Å². The first-order valence-electron chi connectivity index (χ1n) is 7.42. The van der Waals surface area contributed by atoms with Gasteiger partial charge in [-0.05, 0) is 19.3 Å². The van der Waals surface area contributed by atoms with E-state index in [-0.39, 0.29) is 11.3 Å². The van der Waals surface area contributed by atoms with E-state index in [2.05, 4.69) is 41.2 Å². The van der Waals surface area contributed by atoms with Crippen LogP contribution in [0.25, 0.3) is 0 Å². The van der Waals surface area contributed by atoms with E-state index in [0.717, 1.165) is 22.4 Å². The molecular weight excluding hydrogens is 336 g/mol. The Morgan fingerprint density at radius 3 is 2.59 bits per heavy atom. The molecule has 122 valence electrons. The zero-order chi connectivity index (χ0) is 16.2. The second kappa shape index (κ2) is 7.70. The summed E-state index contributed by atoms with van der Waals surface area (Å²) in [6, 6.07) is 0. The molecule has 1 saturated heterocycles. The first kappa shape index (κ1) is 17.6. The smallest absolute Gasteiger partial charge is 0.236 e. The van der Waals surface area contributed by atoms with E-state index in [1.807, 2.05) is 0 Å². The van der Waals surface area contributed by atoms with Crippen molar-refractivity contribution >= 4 is 50.7 Å². The fraction of sp³-hybridized carbons (Fsp3) is 0.714. The summed E-state index contributed by atoms with van der Waals surface area (Å²) in [5.41, 5.74) is -0.0504. The standard InChI is InChI=1S/C14H22N4OS3/c1-14(2,3)11-16-17-12(22-11)15-10(19)9-21-13(20)18-7-5-4-6-8-18/h4-9H2,1-3H3,(H,15,17,19). The van der Waals surface area contributed by atoms with Crippen LogP contribution >= 0.6 is 35.3 Å². The number of rotatable bonds is 3. The summed E-state index contributed by atoms with van der Waals surface area (Å²) in [5.74, 6) is 0.237. The summed E-state index contributed by atoms with van der Waals surface area (Å²) in [6.07, 6.45) is 3.65. The molecule has 0 aliphatic carbocycles. The summed E-state index contributed by atoms with van der Waals surface area (Å²) in [4.78, 5) is 14.2. The minimum Gasteiger partial charge on any atom is -0.358 e. The number of thioether (sulfide) groups is 1. The molecule has 1 fully saturated rings. The van der Waals surface area contributed by atoms with Crippen molar-refractivity contribution in [3.8, 4) is 0 Å². The fourth-order valence-electron chi connectivity index (χ4n) is 2.03. The number of hydrogen-bond donors (Lipinski definition) is 1. The number of amides is 1. The van der Waals surface area contributed by atoms with E-state index < -0.39 is 0 Å². The molecule has 0 radical (unpaired) electrons. The van der Waals surface area contributed by atoms with Crippen molar-refractivity contribution in [3.63, 3.8) is 0 Å². The summed E-state index contributed by atoms with van der Waals surface area (Å²) in [7, 11) is 0. The number of carbonyl (C=O) groups excluding carboxylic acids is 1. The number of anilines is 1. The van der Waals surface area contributed by atoms with Crippen molar-refractivity contribution in [2.45, 2.75) is 45.4 Å². The molecule has 1 amide bonds. The molecule has 5 nitrogen and oxygen atoms in total. The summed E-state index contributed by atoms with van der Waals surface area (Å²) in [6.45, 7) is 8.25. The monoisotopic (exact) mass is 358 g/mol.